The average molecular weight is 292 g/mol. The van der Waals surface area contributed by atoms with E-state index in [4.69, 9.17) is 4.74 Å². The fourth-order valence-corrected chi connectivity index (χ4v) is 1.90. The minimum atomic E-state index is -0.542. The van der Waals surface area contributed by atoms with E-state index < -0.39 is 5.82 Å². The summed E-state index contributed by atoms with van der Waals surface area (Å²) in [5, 5.41) is 10.3. The fraction of sp³-hybridized carbons (Fsp3) is 0.357. The van der Waals surface area contributed by atoms with Crippen LogP contribution >= 0.6 is 0 Å². The predicted molar refractivity (Wildman–Crippen MR) is 74.7 cm³/mol. The zero-order valence-corrected chi connectivity index (χ0v) is 12.0. The summed E-state index contributed by atoms with van der Waals surface area (Å²) in [5.74, 6) is -0.161. The standard InChI is InChI=1S/C14H17FN4O2/c1-3-21-13-11(5-4-6-12(13)15)14(20)16-7-8-19-9-17-18-10(19)2/h4-6,9H,3,7-8H2,1-2H3,(H,16,20). The van der Waals surface area contributed by atoms with Crippen molar-refractivity contribution in [3.63, 3.8) is 0 Å². The summed E-state index contributed by atoms with van der Waals surface area (Å²) in [4.78, 5) is 12.1. The van der Waals surface area contributed by atoms with Gasteiger partial charge in [0, 0.05) is 13.1 Å². The summed E-state index contributed by atoms with van der Waals surface area (Å²) in [7, 11) is 0. The number of aromatic nitrogens is 3. The lowest BCUT2D eigenvalue weighted by Crippen LogP contribution is -2.28. The maximum atomic E-state index is 13.7. The first-order chi connectivity index (χ1) is 10.1. The van der Waals surface area contributed by atoms with E-state index in [9.17, 15) is 9.18 Å². The molecule has 21 heavy (non-hydrogen) atoms. The molecule has 0 bridgehead atoms. The van der Waals surface area contributed by atoms with Gasteiger partial charge in [-0.15, -0.1) is 10.2 Å². The molecule has 0 aliphatic heterocycles. The van der Waals surface area contributed by atoms with Crippen LogP contribution in [-0.4, -0.2) is 33.8 Å². The van der Waals surface area contributed by atoms with Gasteiger partial charge in [-0.25, -0.2) is 4.39 Å². The SMILES string of the molecule is CCOc1c(F)cccc1C(=O)NCCn1cnnc1C. The molecule has 0 saturated heterocycles. The van der Waals surface area contributed by atoms with E-state index in [0.717, 1.165) is 5.82 Å². The molecular weight excluding hydrogens is 275 g/mol. The number of rotatable bonds is 6. The molecule has 0 atom stereocenters. The molecule has 7 heteroatoms. The lowest BCUT2D eigenvalue weighted by atomic mass is 10.2. The monoisotopic (exact) mass is 292 g/mol. The number of nitrogens with zero attached hydrogens (tertiary/aromatic N) is 3. The van der Waals surface area contributed by atoms with Gasteiger partial charge in [-0.05, 0) is 26.0 Å². The Morgan fingerprint density at radius 2 is 2.29 bits per heavy atom. The number of nitrogens with one attached hydrogen (secondary N) is 1. The number of amides is 1. The molecule has 0 aliphatic rings. The Labute approximate surface area is 121 Å². The third-order valence-corrected chi connectivity index (χ3v) is 2.95. The van der Waals surface area contributed by atoms with Crippen molar-refractivity contribution in [3.8, 4) is 5.75 Å². The van der Waals surface area contributed by atoms with Crippen molar-refractivity contribution in [2.45, 2.75) is 20.4 Å². The number of benzene rings is 1. The van der Waals surface area contributed by atoms with E-state index >= 15 is 0 Å². The van der Waals surface area contributed by atoms with Crippen LogP contribution in [0.3, 0.4) is 0 Å². The van der Waals surface area contributed by atoms with Gasteiger partial charge in [0.25, 0.3) is 5.91 Å². The minimum Gasteiger partial charge on any atom is -0.490 e. The molecule has 6 nitrogen and oxygen atoms in total. The summed E-state index contributed by atoms with van der Waals surface area (Å²) in [6.45, 7) is 4.79. The molecule has 1 aromatic heterocycles. The molecule has 1 heterocycles. The molecule has 112 valence electrons. The first-order valence-corrected chi connectivity index (χ1v) is 6.67. The average Bonchev–Trinajstić information content (AvgIpc) is 2.87. The van der Waals surface area contributed by atoms with Crippen LogP contribution in [0.2, 0.25) is 0 Å². The van der Waals surface area contributed by atoms with Crippen molar-refractivity contribution in [2.24, 2.45) is 0 Å². The molecule has 0 aliphatic carbocycles. The van der Waals surface area contributed by atoms with Gasteiger partial charge in [-0.2, -0.15) is 0 Å². The Hall–Kier alpha value is -2.44. The number of aryl methyl sites for hydroxylation is 1. The van der Waals surface area contributed by atoms with Crippen molar-refractivity contribution in [1.82, 2.24) is 20.1 Å². The van der Waals surface area contributed by atoms with Gasteiger partial charge in [0.1, 0.15) is 12.2 Å². The summed E-state index contributed by atoms with van der Waals surface area (Å²) >= 11 is 0. The second kappa shape index (κ2) is 6.83. The van der Waals surface area contributed by atoms with Gasteiger partial charge in [-0.1, -0.05) is 6.07 Å². The van der Waals surface area contributed by atoms with Crippen molar-refractivity contribution in [2.75, 3.05) is 13.2 Å². The second-order valence-electron chi connectivity index (χ2n) is 4.38. The lowest BCUT2D eigenvalue weighted by molar-refractivity contribution is 0.0947. The lowest BCUT2D eigenvalue weighted by Gasteiger charge is -2.11. The van der Waals surface area contributed by atoms with Crippen molar-refractivity contribution >= 4 is 5.91 Å². The topological polar surface area (TPSA) is 69.0 Å². The van der Waals surface area contributed by atoms with E-state index in [-0.39, 0.29) is 17.2 Å². The Morgan fingerprint density at radius 3 is 2.95 bits per heavy atom. The molecule has 0 saturated carbocycles. The Kier molecular flexibility index (Phi) is 4.86. The van der Waals surface area contributed by atoms with Gasteiger partial charge >= 0.3 is 0 Å². The molecular formula is C14H17FN4O2. The summed E-state index contributed by atoms with van der Waals surface area (Å²) < 4.78 is 20.7. The second-order valence-corrected chi connectivity index (χ2v) is 4.38. The van der Waals surface area contributed by atoms with Crippen LogP contribution in [0.15, 0.2) is 24.5 Å². The first kappa shape index (κ1) is 15.0. The molecule has 0 radical (unpaired) electrons. The molecule has 2 rings (SSSR count). The quantitative estimate of drug-likeness (QED) is 0.877. The summed E-state index contributed by atoms with van der Waals surface area (Å²) in [6, 6.07) is 4.28. The highest BCUT2D eigenvalue weighted by atomic mass is 19.1. The minimum absolute atomic E-state index is 0.0158. The van der Waals surface area contributed by atoms with Crippen LogP contribution in [0.5, 0.6) is 5.75 Å². The molecule has 1 amide bonds. The molecule has 0 spiro atoms. The van der Waals surface area contributed by atoms with Crippen molar-refractivity contribution < 1.29 is 13.9 Å². The van der Waals surface area contributed by atoms with Gasteiger partial charge in [0.2, 0.25) is 0 Å². The normalized spacial score (nSPS) is 10.4. The van der Waals surface area contributed by atoms with E-state index in [2.05, 4.69) is 15.5 Å². The van der Waals surface area contributed by atoms with Gasteiger partial charge in [0.15, 0.2) is 11.6 Å². The van der Waals surface area contributed by atoms with Crippen LogP contribution < -0.4 is 10.1 Å². The number of halogens is 1. The van der Waals surface area contributed by atoms with E-state index in [1.54, 1.807) is 13.3 Å². The molecule has 0 unspecified atom stereocenters. The smallest absolute Gasteiger partial charge is 0.255 e. The molecule has 2 aromatic rings. The van der Waals surface area contributed by atoms with Crippen LogP contribution in [0.4, 0.5) is 4.39 Å². The maximum absolute atomic E-state index is 13.7. The molecule has 0 fully saturated rings. The van der Waals surface area contributed by atoms with Crippen LogP contribution in [0.1, 0.15) is 23.1 Å². The molecule has 1 N–H and O–H groups in total. The Balaban J connectivity index is 2.00. The number of ether oxygens (including phenoxy) is 1. The number of carbonyl (C=O) groups excluding carboxylic acids is 1. The van der Waals surface area contributed by atoms with Crippen LogP contribution in [-0.2, 0) is 6.54 Å². The summed E-state index contributed by atoms with van der Waals surface area (Å²) in [5.41, 5.74) is 0.192. The highest BCUT2D eigenvalue weighted by Crippen LogP contribution is 2.22. The fourth-order valence-electron chi connectivity index (χ4n) is 1.90. The van der Waals surface area contributed by atoms with E-state index in [0.29, 0.717) is 19.7 Å². The van der Waals surface area contributed by atoms with Gasteiger partial charge in [-0.3, -0.25) is 4.79 Å². The van der Waals surface area contributed by atoms with Crippen molar-refractivity contribution in [3.05, 3.63) is 41.7 Å². The third-order valence-electron chi connectivity index (χ3n) is 2.95. The van der Waals surface area contributed by atoms with Crippen molar-refractivity contribution in [1.29, 1.82) is 0 Å². The van der Waals surface area contributed by atoms with Gasteiger partial charge < -0.3 is 14.6 Å². The Bertz CT molecular complexity index is 627. The number of carbonyl (C=O) groups is 1. The number of para-hydroxylation sites is 1. The zero-order valence-electron chi connectivity index (χ0n) is 12.0. The number of hydrogen-bond acceptors (Lipinski definition) is 4. The predicted octanol–water partition coefficient (Wildman–Crippen LogP) is 1.55. The maximum Gasteiger partial charge on any atom is 0.255 e. The molecule has 1 aromatic carbocycles. The van der Waals surface area contributed by atoms with Crippen LogP contribution in [0.25, 0.3) is 0 Å². The largest absolute Gasteiger partial charge is 0.490 e. The zero-order chi connectivity index (χ0) is 15.2. The van der Waals surface area contributed by atoms with Gasteiger partial charge in [0.05, 0.1) is 12.2 Å². The third kappa shape index (κ3) is 3.56. The summed E-state index contributed by atoms with van der Waals surface area (Å²) in [6.07, 6.45) is 1.59. The van der Waals surface area contributed by atoms with E-state index in [1.807, 2.05) is 11.5 Å². The first-order valence-electron chi connectivity index (χ1n) is 6.67. The Morgan fingerprint density at radius 1 is 1.48 bits per heavy atom. The highest BCUT2D eigenvalue weighted by Gasteiger charge is 2.15. The van der Waals surface area contributed by atoms with Crippen LogP contribution in [0, 0.1) is 12.7 Å². The number of hydrogen-bond donors (Lipinski definition) is 1. The van der Waals surface area contributed by atoms with E-state index in [1.165, 1.54) is 18.2 Å². The highest BCUT2D eigenvalue weighted by molar-refractivity contribution is 5.96.